The van der Waals surface area contributed by atoms with Gasteiger partial charge < -0.3 is 0 Å². The van der Waals surface area contributed by atoms with E-state index in [0.717, 1.165) is 3.57 Å². The average Bonchev–Trinajstić information content (AvgIpc) is 2.03. The predicted molar refractivity (Wildman–Crippen MR) is 36.9 cm³/mol. The quantitative estimate of drug-likeness (QED) is 0.602. The number of benzene rings is 1. The van der Waals surface area contributed by atoms with Crippen molar-refractivity contribution in [3.05, 3.63) is 33.9 Å². The second kappa shape index (κ2) is 4.33. The van der Waals surface area contributed by atoms with Crippen molar-refractivity contribution in [2.75, 3.05) is 0 Å². The first-order chi connectivity index (χ1) is 5.29. The number of rotatable bonds is 2. The van der Waals surface area contributed by atoms with Crippen LogP contribution in [0.15, 0.2) is 30.3 Å². The van der Waals surface area contributed by atoms with E-state index in [9.17, 15) is 4.79 Å². The van der Waals surface area contributed by atoms with E-state index in [1.165, 1.54) is 6.92 Å². The summed E-state index contributed by atoms with van der Waals surface area (Å²) in [6, 6.07) is 9.77. The van der Waals surface area contributed by atoms with Crippen molar-refractivity contribution in [3.63, 3.8) is 0 Å². The first-order valence-electron chi connectivity index (χ1n) is 3.16. The maximum atomic E-state index is 10.4. The van der Waals surface area contributed by atoms with Crippen molar-refractivity contribution in [3.8, 4) is 0 Å². The number of carbonyl (C=O) groups is 1. The van der Waals surface area contributed by atoms with Crippen LogP contribution in [0, 0.1) is 3.57 Å². The van der Waals surface area contributed by atoms with E-state index < -0.39 is 21.6 Å². The molecule has 1 aromatic carbocycles. The van der Waals surface area contributed by atoms with Gasteiger partial charge in [-0.3, -0.25) is 0 Å². The van der Waals surface area contributed by atoms with E-state index in [-0.39, 0.29) is 5.97 Å². The van der Waals surface area contributed by atoms with Crippen LogP contribution in [-0.4, -0.2) is 5.97 Å². The maximum absolute atomic E-state index is 10.4. The summed E-state index contributed by atoms with van der Waals surface area (Å²) in [4.78, 5) is 10.4. The van der Waals surface area contributed by atoms with Crippen LogP contribution in [-0.2, 0) is 7.86 Å². The van der Waals surface area contributed by atoms with Gasteiger partial charge in [-0.05, 0) is 0 Å². The van der Waals surface area contributed by atoms with Gasteiger partial charge >= 0.3 is 76.3 Å². The standard InChI is InChI=1S/C8H8IO2/c1-7(10)11-9-8-5-3-2-4-6-8/h2-6H,1H3/q-1. The summed E-state index contributed by atoms with van der Waals surface area (Å²) >= 11 is -0.563. The molecule has 0 N–H and O–H groups in total. The van der Waals surface area contributed by atoms with Gasteiger partial charge in [0, 0.05) is 0 Å². The number of halogens is 1. The molecule has 1 rings (SSSR count). The Hall–Kier alpha value is -0.580. The molecule has 1 aromatic rings. The summed E-state index contributed by atoms with van der Waals surface area (Å²) in [5.41, 5.74) is 0. The SMILES string of the molecule is CC(=O)O[I-]c1ccccc1. The third-order valence-electron chi connectivity index (χ3n) is 0.969. The van der Waals surface area contributed by atoms with E-state index >= 15 is 0 Å². The van der Waals surface area contributed by atoms with Gasteiger partial charge in [-0.25, -0.2) is 0 Å². The van der Waals surface area contributed by atoms with Crippen molar-refractivity contribution in [2.24, 2.45) is 0 Å². The molecule has 0 aliphatic carbocycles. The zero-order valence-electron chi connectivity index (χ0n) is 6.08. The monoisotopic (exact) mass is 263 g/mol. The Morgan fingerprint density at radius 2 is 2.00 bits per heavy atom. The second-order valence-electron chi connectivity index (χ2n) is 1.94. The van der Waals surface area contributed by atoms with Crippen molar-refractivity contribution in [1.82, 2.24) is 0 Å². The van der Waals surface area contributed by atoms with Gasteiger partial charge in [-0.15, -0.1) is 0 Å². The molecule has 0 aliphatic rings. The predicted octanol–water partition coefficient (Wildman–Crippen LogP) is -1.58. The second-order valence-corrected chi connectivity index (χ2v) is 4.07. The zero-order valence-corrected chi connectivity index (χ0v) is 8.24. The summed E-state index contributed by atoms with van der Waals surface area (Å²) in [7, 11) is 0. The fraction of sp³-hybridized carbons (Fsp3) is 0.125. The fourth-order valence-corrected chi connectivity index (χ4v) is 1.84. The van der Waals surface area contributed by atoms with E-state index in [1.807, 2.05) is 30.3 Å². The third kappa shape index (κ3) is 3.36. The Labute approximate surface area is 76.4 Å². The first-order valence-corrected chi connectivity index (χ1v) is 5.12. The van der Waals surface area contributed by atoms with Crippen LogP contribution >= 0.6 is 0 Å². The molecule has 0 radical (unpaired) electrons. The molecule has 0 aliphatic heterocycles. The molecule has 0 unspecified atom stereocenters. The normalized spacial score (nSPS) is 9.55. The molecule has 0 saturated heterocycles. The molecule has 0 aromatic heterocycles. The third-order valence-corrected chi connectivity index (χ3v) is 3.04. The molecule has 0 fully saturated rings. The molecule has 11 heavy (non-hydrogen) atoms. The van der Waals surface area contributed by atoms with Gasteiger partial charge in [0.15, 0.2) is 0 Å². The van der Waals surface area contributed by atoms with Gasteiger partial charge in [0.2, 0.25) is 0 Å². The van der Waals surface area contributed by atoms with Gasteiger partial charge in [0.1, 0.15) is 0 Å². The Balaban J connectivity index is 2.45. The van der Waals surface area contributed by atoms with E-state index in [0.29, 0.717) is 0 Å². The first kappa shape index (κ1) is 8.52. The summed E-state index contributed by atoms with van der Waals surface area (Å²) < 4.78 is 6.03. The van der Waals surface area contributed by atoms with Crippen molar-refractivity contribution in [1.29, 1.82) is 0 Å². The van der Waals surface area contributed by atoms with E-state index in [1.54, 1.807) is 0 Å². The Kier molecular flexibility index (Phi) is 3.35. The van der Waals surface area contributed by atoms with Crippen LogP contribution in [0.4, 0.5) is 0 Å². The molecule has 0 bridgehead atoms. The fourth-order valence-electron chi connectivity index (χ4n) is 0.565. The molecule has 0 heterocycles. The Bertz CT molecular complexity index is 233. The number of hydrogen-bond acceptors (Lipinski definition) is 2. The molecule has 3 heteroatoms. The topological polar surface area (TPSA) is 26.3 Å². The number of hydrogen-bond donors (Lipinski definition) is 0. The zero-order chi connectivity index (χ0) is 8.10. The van der Waals surface area contributed by atoms with Gasteiger partial charge in [-0.1, -0.05) is 0 Å². The number of carbonyl (C=O) groups excluding carboxylic acids is 1. The van der Waals surface area contributed by atoms with Crippen LogP contribution in [0.25, 0.3) is 0 Å². The minimum atomic E-state index is -0.563. The van der Waals surface area contributed by atoms with Crippen molar-refractivity contribution in [2.45, 2.75) is 6.92 Å². The van der Waals surface area contributed by atoms with Crippen molar-refractivity contribution < 1.29 is 29.5 Å². The summed E-state index contributed by atoms with van der Waals surface area (Å²) in [5, 5.41) is 0. The van der Waals surface area contributed by atoms with E-state index in [4.69, 9.17) is 3.07 Å². The van der Waals surface area contributed by atoms with E-state index in [2.05, 4.69) is 0 Å². The van der Waals surface area contributed by atoms with Crippen LogP contribution in [0.5, 0.6) is 0 Å². The van der Waals surface area contributed by atoms with Crippen LogP contribution in [0.2, 0.25) is 0 Å². The molecule has 60 valence electrons. The molecule has 0 amide bonds. The molecular weight excluding hydrogens is 255 g/mol. The van der Waals surface area contributed by atoms with Crippen LogP contribution in [0.1, 0.15) is 6.92 Å². The molecule has 0 spiro atoms. The van der Waals surface area contributed by atoms with Crippen molar-refractivity contribution >= 4 is 5.97 Å². The summed E-state index contributed by atoms with van der Waals surface area (Å²) in [6.45, 7) is 1.43. The Morgan fingerprint density at radius 1 is 1.36 bits per heavy atom. The Morgan fingerprint density at radius 3 is 2.55 bits per heavy atom. The van der Waals surface area contributed by atoms with Gasteiger partial charge in [-0.2, -0.15) is 0 Å². The molecule has 2 nitrogen and oxygen atoms in total. The summed E-state index contributed by atoms with van der Waals surface area (Å²) in [6.07, 6.45) is 0. The average molecular weight is 263 g/mol. The van der Waals surface area contributed by atoms with Crippen LogP contribution in [0.3, 0.4) is 0 Å². The minimum absolute atomic E-state index is 0.193. The molecule has 0 atom stereocenters. The summed E-state index contributed by atoms with van der Waals surface area (Å²) in [5.74, 6) is -0.193. The molecular formula is C8H8IO2-. The van der Waals surface area contributed by atoms with Crippen LogP contribution < -0.4 is 21.6 Å². The van der Waals surface area contributed by atoms with Gasteiger partial charge in [0.05, 0.1) is 0 Å². The molecule has 0 saturated carbocycles. The van der Waals surface area contributed by atoms with Gasteiger partial charge in [0.25, 0.3) is 0 Å².